The molecule has 136 valence electrons. The molecule has 0 aromatic heterocycles. The zero-order chi connectivity index (χ0) is 18.9. The van der Waals surface area contributed by atoms with Gasteiger partial charge in [-0.15, -0.1) is 0 Å². The molecule has 0 bridgehead atoms. The van der Waals surface area contributed by atoms with Gasteiger partial charge in [-0.3, -0.25) is 0 Å². The van der Waals surface area contributed by atoms with Crippen molar-refractivity contribution in [2.45, 2.75) is 81.6 Å². The van der Waals surface area contributed by atoms with E-state index in [0.29, 0.717) is 5.92 Å². The van der Waals surface area contributed by atoms with Gasteiger partial charge >= 0.3 is 0 Å². The highest BCUT2D eigenvalue weighted by Gasteiger charge is 1.92. The van der Waals surface area contributed by atoms with E-state index in [1.807, 2.05) is 54.5 Å². The van der Waals surface area contributed by atoms with Crippen LogP contribution in [0.25, 0.3) is 0 Å². The smallest absolute Gasteiger partial charge is 0.0177 e. The molecule has 0 fully saturated rings. The van der Waals surface area contributed by atoms with Crippen LogP contribution in [0.2, 0.25) is 0 Å². The molecule has 0 saturated carbocycles. The fourth-order valence-corrected chi connectivity index (χ4v) is 1.33. The third kappa shape index (κ3) is 29.3. The summed E-state index contributed by atoms with van der Waals surface area (Å²) in [6.07, 6.45) is 19.5. The quantitative estimate of drug-likeness (QED) is 0.300. The van der Waals surface area contributed by atoms with Crippen molar-refractivity contribution in [3.05, 3.63) is 48.1 Å². The first-order chi connectivity index (χ1) is 11.2. The summed E-state index contributed by atoms with van der Waals surface area (Å²) < 4.78 is 0. The molecule has 1 heteroatoms. The number of hydrogen-bond acceptors (Lipinski definition) is 1. The highest BCUT2D eigenvalue weighted by molar-refractivity contribution is 5.68. The van der Waals surface area contributed by atoms with E-state index in [1.54, 1.807) is 6.08 Å². The van der Waals surface area contributed by atoms with E-state index in [1.165, 1.54) is 24.6 Å². The van der Waals surface area contributed by atoms with Crippen LogP contribution in [0, 0.1) is 11.3 Å². The summed E-state index contributed by atoms with van der Waals surface area (Å²) in [5, 5.41) is 6.88. The van der Waals surface area contributed by atoms with Crippen LogP contribution in [0.5, 0.6) is 0 Å². The Morgan fingerprint density at radius 2 is 1.48 bits per heavy atom. The van der Waals surface area contributed by atoms with Crippen molar-refractivity contribution in [1.29, 1.82) is 5.41 Å². The molecular weight excluding hydrogens is 278 g/mol. The largest absolute Gasteiger partial charge is 0.309 e. The Hall–Kier alpha value is -1.37. The Morgan fingerprint density at radius 3 is 1.74 bits per heavy atom. The maximum Gasteiger partial charge on any atom is 0.0177 e. The molecule has 1 nitrogen and oxygen atoms in total. The lowest BCUT2D eigenvalue weighted by Crippen LogP contribution is -1.85. The van der Waals surface area contributed by atoms with Crippen LogP contribution in [0.3, 0.4) is 0 Å². The highest BCUT2D eigenvalue weighted by Crippen LogP contribution is 2.09. The third-order valence-corrected chi connectivity index (χ3v) is 2.45. The predicted molar refractivity (Wildman–Crippen MR) is 113 cm³/mol. The Morgan fingerprint density at radius 1 is 1.04 bits per heavy atom. The normalized spacial score (nSPS) is 13.0. The minimum Gasteiger partial charge on any atom is -0.309 e. The molecule has 0 radical (unpaired) electrons. The molecule has 1 rings (SSSR count). The molecular formula is C22H43N. The zero-order valence-corrected chi connectivity index (χ0v) is 17.3. The monoisotopic (exact) mass is 321 g/mol. The van der Waals surface area contributed by atoms with E-state index >= 15 is 0 Å². The van der Waals surface area contributed by atoms with Crippen molar-refractivity contribution < 1.29 is 0 Å². The summed E-state index contributed by atoms with van der Waals surface area (Å²) in [4.78, 5) is 0. The van der Waals surface area contributed by atoms with Crippen LogP contribution >= 0.6 is 0 Å². The molecule has 0 aromatic carbocycles. The summed E-state index contributed by atoms with van der Waals surface area (Å²) in [6, 6.07) is 0. The van der Waals surface area contributed by atoms with Gasteiger partial charge in [-0.25, -0.2) is 0 Å². The molecule has 1 aliphatic carbocycles. The molecule has 0 heterocycles. The third-order valence-electron chi connectivity index (χ3n) is 2.45. The van der Waals surface area contributed by atoms with Gasteiger partial charge in [0.2, 0.25) is 0 Å². The molecule has 23 heavy (non-hydrogen) atoms. The fraction of sp³-hybridized carbons (Fsp3) is 0.591. The van der Waals surface area contributed by atoms with Gasteiger partial charge < -0.3 is 5.41 Å². The van der Waals surface area contributed by atoms with E-state index < -0.39 is 0 Å². The van der Waals surface area contributed by atoms with Crippen LogP contribution < -0.4 is 0 Å². The minimum atomic E-state index is 0.482. The molecule has 0 saturated heterocycles. The number of hydrogen-bond donors (Lipinski definition) is 1. The Bertz CT molecular complexity index is 300. The average Bonchev–Trinajstić information content (AvgIpc) is 2.56. The number of nitrogens with one attached hydrogen (secondary N) is 1. The van der Waals surface area contributed by atoms with Gasteiger partial charge in [0, 0.05) is 6.21 Å². The Kier molecular flexibility index (Phi) is 41.9. The van der Waals surface area contributed by atoms with Crippen LogP contribution in [0.15, 0.2) is 48.1 Å². The second-order valence-electron chi connectivity index (χ2n) is 4.05. The summed E-state index contributed by atoms with van der Waals surface area (Å²) >= 11 is 0. The first kappa shape index (κ1) is 29.6. The van der Waals surface area contributed by atoms with Crippen molar-refractivity contribution in [1.82, 2.24) is 0 Å². The summed E-state index contributed by atoms with van der Waals surface area (Å²) in [5.74, 6) is 0.482. The van der Waals surface area contributed by atoms with Crippen molar-refractivity contribution in [2.75, 3.05) is 0 Å². The molecule has 1 unspecified atom stereocenters. The van der Waals surface area contributed by atoms with E-state index in [4.69, 9.17) is 5.41 Å². The minimum absolute atomic E-state index is 0.482. The Labute approximate surface area is 147 Å². The lowest BCUT2D eigenvalue weighted by Gasteiger charge is -2.01. The van der Waals surface area contributed by atoms with Gasteiger partial charge in [0.25, 0.3) is 0 Å². The lowest BCUT2D eigenvalue weighted by molar-refractivity contribution is 0.915. The lowest BCUT2D eigenvalue weighted by atomic mass is 10.0. The van der Waals surface area contributed by atoms with E-state index in [-0.39, 0.29) is 0 Å². The fourth-order valence-electron chi connectivity index (χ4n) is 1.33. The molecule has 0 aromatic rings. The summed E-state index contributed by atoms with van der Waals surface area (Å²) in [5.41, 5.74) is 1.29. The first-order valence-corrected chi connectivity index (χ1v) is 9.40. The maximum atomic E-state index is 6.88. The van der Waals surface area contributed by atoms with Gasteiger partial charge in [0.1, 0.15) is 0 Å². The maximum absolute atomic E-state index is 6.88. The Balaban J connectivity index is -0.000000148. The zero-order valence-electron chi connectivity index (χ0n) is 17.3. The number of allylic oxidation sites excluding steroid dienone is 8. The number of rotatable bonds is 5. The molecule has 0 spiro atoms. The van der Waals surface area contributed by atoms with Crippen molar-refractivity contribution in [3.8, 4) is 0 Å². The molecule has 0 amide bonds. The highest BCUT2D eigenvalue weighted by atomic mass is 14.3. The van der Waals surface area contributed by atoms with Gasteiger partial charge in [-0.05, 0) is 38.2 Å². The van der Waals surface area contributed by atoms with E-state index in [0.717, 1.165) is 6.42 Å². The predicted octanol–water partition coefficient (Wildman–Crippen LogP) is 8.16. The standard InChI is InChI=1S/C12H19N.C4H6.3C2H6/c1-4-7-11(3)10-12(5-2)8-6-9-13;1-2-4-3-1;3*1-2/h4,6-11,13H,5H2,1-3H3;1-2H,3-4H2;3*1-2H3/b7-4?,8-6-,12-10+,13-9?;;;;. The van der Waals surface area contributed by atoms with Crippen LogP contribution in [0.1, 0.15) is 81.6 Å². The molecule has 0 aliphatic heterocycles. The average molecular weight is 322 g/mol. The SMILES string of the molecule is C1=CCC1.CC.CC.CC.CC=CC(C)/C=C(/C=C\C=N)CC. The van der Waals surface area contributed by atoms with Gasteiger partial charge in [0.05, 0.1) is 0 Å². The summed E-state index contributed by atoms with van der Waals surface area (Å²) in [7, 11) is 0. The van der Waals surface area contributed by atoms with E-state index in [9.17, 15) is 0 Å². The van der Waals surface area contributed by atoms with Crippen molar-refractivity contribution in [3.63, 3.8) is 0 Å². The van der Waals surface area contributed by atoms with Crippen LogP contribution in [0.4, 0.5) is 0 Å². The van der Waals surface area contributed by atoms with Crippen LogP contribution in [-0.2, 0) is 0 Å². The van der Waals surface area contributed by atoms with Gasteiger partial charge in [-0.2, -0.15) is 0 Å². The summed E-state index contributed by atoms with van der Waals surface area (Å²) in [6.45, 7) is 18.3. The van der Waals surface area contributed by atoms with Gasteiger partial charge in [-0.1, -0.05) is 97.4 Å². The topological polar surface area (TPSA) is 23.9 Å². The second kappa shape index (κ2) is 32.5. The van der Waals surface area contributed by atoms with Crippen LogP contribution in [-0.4, -0.2) is 6.21 Å². The van der Waals surface area contributed by atoms with Crippen molar-refractivity contribution in [2.24, 2.45) is 5.92 Å². The van der Waals surface area contributed by atoms with Gasteiger partial charge in [0.15, 0.2) is 0 Å². The molecule has 1 aliphatic rings. The molecule has 1 atom stereocenters. The first-order valence-electron chi connectivity index (χ1n) is 9.40. The van der Waals surface area contributed by atoms with Crippen molar-refractivity contribution >= 4 is 6.21 Å². The van der Waals surface area contributed by atoms with E-state index in [2.05, 4.69) is 44.2 Å². The second-order valence-corrected chi connectivity index (χ2v) is 4.05. The molecule has 1 N–H and O–H groups in total.